The predicted molar refractivity (Wildman–Crippen MR) is 190 cm³/mol. The Balaban J connectivity index is 1.59. The maximum absolute atomic E-state index is 6.78. The highest BCUT2D eigenvalue weighted by molar-refractivity contribution is 6.16. The maximum atomic E-state index is 6.78. The van der Waals surface area contributed by atoms with Gasteiger partial charge in [-0.3, -0.25) is 4.98 Å². The summed E-state index contributed by atoms with van der Waals surface area (Å²) in [6, 6.07) is 57.6. The van der Waals surface area contributed by atoms with Crippen LogP contribution in [0, 0.1) is 0 Å². The lowest BCUT2D eigenvalue weighted by atomic mass is 9.80. The molecule has 8 rings (SSSR count). The monoisotopic (exact) mass is 589 g/mol. The fraction of sp³-hybridized carbons (Fsp3) is 0.0227. The first kappa shape index (κ1) is 27.6. The van der Waals surface area contributed by atoms with Crippen molar-refractivity contribution < 1.29 is 4.42 Å². The molecule has 0 unspecified atom stereocenters. The van der Waals surface area contributed by atoms with E-state index in [9.17, 15) is 0 Å². The van der Waals surface area contributed by atoms with Gasteiger partial charge in [-0.15, -0.1) is 0 Å². The number of pyridine rings is 1. The third-order valence-electron chi connectivity index (χ3n) is 8.69. The van der Waals surface area contributed by atoms with E-state index in [2.05, 4.69) is 158 Å². The number of fused-ring (bicyclic) bond motifs is 1. The van der Waals surface area contributed by atoms with E-state index in [4.69, 9.17) is 9.40 Å². The van der Waals surface area contributed by atoms with Crippen molar-refractivity contribution in [1.82, 2.24) is 4.98 Å². The van der Waals surface area contributed by atoms with Crippen LogP contribution >= 0.6 is 0 Å². The van der Waals surface area contributed by atoms with Crippen molar-refractivity contribution in [2.45, 2.75) is 6.42 Å². The summed E-state index contributed by atoms with van der Waals surface area (Å²) in [7, 11) is 0. The van der Waals surface area contributed by atoms with Crippen molar-refractivity contribution in [3.05, 3.63) is 187 Å². The molecule has 2 heteroatoms. The van der Waals surface area contributed by atoms with E-state index < -0.39 is 0 Å². The van der Waals surface area contributed by atoms with Crippen molar-refractivity contribution in [2.24, 2.45) is 0 Å². The van der Waals surface area contributed by atoms with Gasteiger partial charge in [0, 0.05) is 28.3 Å². The van der Waals surface area contributed by atoms with E-state index in [1.807, 2.05) is 18.5 Å². The molecule has 2 nitrogen and oxygen atoms in total. The summed E-state index contributed by atoms with van der Waals surface area (Å²) in [6.07, 6.45) is 4.54. The lowest BCUT2D eigenvalue weighted by Gasteiger charge is -2.23. The van der Waals surface area contributed by atoms with Crippen LogP contribution in [-0.4, -0.2) is 4.98 Å². The van der Waals surface area contributed by atoms with Crippen LogP contribution in [0.3, 0.4) is 0 Å². The molecule has 2 heterocycles. The topological polar surface area (TPSA) is 26.0 Å². The second kappa shape index (κ2) is 12.2. The SMILES string of the molecule is c1ccc(Cc2c(-c3ccccc3)c(-c3ccccn3)c3c(-c4ccccc4)coc3c2-c2ccccc2-c2ccccc2)cc1. The minimum absolute atomic E-state index is 0.723. The highest BCUT2D eigenvalue weighted by Crippen LogP contribution is 2.51. The molecule has 0 fully saturated rings. The third kappa shape index (κ3) is 5.00. The molecule has 0 aliphatic carbocycles. The Morgan fingerprint density at radius 1 is 0.435 bits per heavy atom. The third-order valence-corrected chi connectivity index (χ3v) is 8.69. The molecule has 0 atom stereocenters. The summed E-state index contributed by atoms with van der Waals surface area (Å²) in [4.78, 5) is 4.97. The molecule has 0 radical (unpaired) electrons. The summed E-state index contributed by atoms with van der Waals surface area (Å²) in [5.74, 6) is 0. The lowest BCUT2D eigenvalue weighted by molar-refractivity contribution is 0.617. The molecule has 0 bridgehead atoms. The molecule has 46 heavy (non-hydrogen) atoms. The van der Waals surface area contributed by atoms with Gasteiger partial charge in [-0.25, -0.2) is 0 Å². The van der Waals surface area contributed by atoms with Crippen LogP contribution in [0.5, 0.6) is 0 Å². The van der Waals surface area contributed by atoms with Gasteiger partial charge in [0.1, 0.15) is 5.58 Å². The number of aromatic nitrogens is 1. The van der Waals surface area contributed by atoms with Crippen molar-refractivity contribution in [1.29, 1.82) is 0 Å². The Bertz CT molecular complexity index is 2240. The zero-order valence-corrected chi connectivity index (χ0v) is 25.3. The average molecular weight is 590 g/mol. The molecule has 218 valence electrons. The highest BCUT2D eigenvalue weighted by atomic mass is 16.3. The van der Waals surface area contributed by atoms with Crippen LogP contribution < -0.4 is 0 Å². The number of furan rings is 1. The number of benzene rings is 6. The molecular weight excluding hydrogens is 558 g/mol. The first-order valence-corrected chi connectivity index (χ1v) is 15.7. The zero-order chi connectivity index (χ0) is 30.7. The van der Waals surface area contributed by atoms with Gasteiger partial charge >= 0.3 is 0 Å². The maximum Gasteiger partial charge on any atom is 0.143 e. The molecule has 6 aromatic carbocycles. The smallest absolute Gasteiger partial charge is 0.143 e. The summed E-state index contributed by atoms with van der Waals surface area (Å²) in [5, 5.41) is 1.07. The Hall–Kier alpha value is -5.99. The number of rotatable bonds is 7. The molecule has 0 N–H and O–H groups in total. The summed E-state index contributed by atoms with van der Waals surface area (Å²) in [5.41, 5.74) is 14.4. The standard InChI is InChI=1S/C44H31NO/c1-5-17-31(18-6-1)29-37-40(34-23-11-4-12-24-34)43(39-27-15-16-28-45-39)42-38(33-21-9-3-10-22-33)30-46-44(42)41(37)36-26-14-13-25-35(36)32-19-7-2-8-20-32/h1-28,30H,29H2. The minimum Gasteiger partial charge on any atom is -0.463 e. The number of hydrogen-bond acceptors (Lipinski definition) is 2. The van der Waals surface area contributed by atoms with E-state index in [0.717, 1.165) is 56.5 Å². The van der Waals surface area contributed by atoms with Gasteiger partial charge in [0.25, 0.3) is 0 Å². The molecule has 0 saturated carbocycles. The molecule has 0 aliphatic rings. The largest absolute Gasteiger partial charge is 0.463 e. The Kier molecular flexibility index (Phi) is 7.30. The first-order valence-electron chi connectivity index (χ1n) is 15.7. The minimum atomic E-state index is 0.723. The van der Waals surface area contributed by atoms with Crippen LogP contribution in [0.1, 0.15) is 11.1 Å². The van der Waals surface area contributed by atoms with E-state index in [1.54, 1.807) is 0 Å². The van der Waals surface area contributed by atoms with Gasteiger partial charge in [0.15, 0.2) is 0 Å². The van der Waals surface area contributed by atoms with Crippen molar-refractivity contribution >= 4 is 11.0 Å². The first-order chi connectivity index (χ1) is 22.9. The van der Waals surface area contributed by atoms with Gasteiger partial charge in [-0.05, 0) is 63.1 Å². The Labute approximate surface area is 269 Å². The molecular formula is C44H31NO. The number of nitrogens with zero attached hydrogens (tertiary/aromatic N) is 1. The van der Waals surface area contributed by atoms with Gasteiger partial charge in [0.2, 0.25) is 0 Å². The van der Waals surface area contributed by atoms with Crippen molar-refractivity contribution in [3.8, 4) is 55.8 Å². The van der Waals surface area contributed by atoms with Gasteiger partial charge in [0.05, 0.1) is 12.0 Å². The summed E-state index contributed by atoms with van der Waals surface area (Å²) in [6.45, 7) is 0. The number of hydrogen-bond donors (Lipinski definition) is 0. The van der Waals surface area contributed by atoms with Gasteiger partial charge in [-0.1, -0.05) is 152 Å². The highest BCUT2D eigenvalue weighted by Gasteiger charge is 2.28. The van der Waals surface area contributed by atoms with E-state index >= 15 is 0 Å². The van der Waals surface area contributed by atoms with Gasteiger partial charge < -0.3 is 4.42 Å². The average Bonchev–Trinajstić information content (AvgIpc) is 3.58. The molecule has 0 saturated heterocycles. The van der Waals surface area contributed by atoms with Crippen LogP contribution in [-0.2, 0) is 6.42 Å². The predicted octanol–water partition coefficient (Wildman–Crippen LogP) is 11.8. The van der Waals surface area contributed by atoms with E-state index in [0.29, 0.717) is 0 Å². The fourth-order valence-electron chi connectivity index (χ4n) is 6.68. The van der Waals surface area contributed by atoms with Crippen LogP contribution in [0.25, 0.3) is 66.7 Å². The van der Waals surface area contributed by atoms with Crippen LogP contribution in [0.4, 0.5) is 0 Å². The quantitative estimate of drug-likeness (QED) is 0.185. The molecule has 0 aliphatic heterocycles. The molecule has 0 spiro atoms. The second-order valence-electron chi connectivity index (χ2n) is 11.5. The second-order valence-corrected chi connectivity index (χ2v) is 11.5. The van der Waals surface area contributed by atoms with Crippen LogP contribution in [0.2, 0.25) is 0 Å². The van der Waals surface area contributed by atoms with E-state index in [1.165, 1.54) is 27.8 Å². The van der Waals surface area contributed by atoms with Gasteiger partial charge in [-0.2, -0.15) is 0 Å². The van der Waals surface area contributed by atoms with Crippen molar-refractivity contribution in [3.63, 3.8) is 0 Å². The summed E-state index contributed by atoms with van der Waals surface area (Å²) >= 11 is 0. The Morgan fingerprint density at radius 2 is 0.978 bits per heavy atom. The van der Waals surface area contributed by atoms with Crippen molar-refractivity contribution in [2.75, 3.05) is 0 Å². The Morgan fingerprint density at radius 3 is 1.61 bits per heavy atom. The lowest BCUT2D eigenvalue weighted by Crippen LogP contribution is -2.02. The fourth-order valence-corrected chi connectivity index (χ4v) is 6.68. The van der Waals surface area contributed by atoms with E-state index in [-0.39, 0.29) is 0 Å². The molecule has 0 amide bonds. The normalized spacial score (nSPS) is 11.1. The summed E-state index contributed by atoms with van der Waals surface area (Å²) < 4.78 is 6.78. The van der Waals surface area contributed by atoms with Crippen LogP contribution in [0.15, 0.2) is 181 Å². The molecule has 8 aromatic rings. The zero-order valence-electron chi connectivity index (χ0n) is 25.3. The molecule has 2 aromatic heterocycles.